The summed E-state index contributed by atoms with van der Waals surface area (Å²) in [4.78, 5) is 25.5. The lowest BCUT2D eigenvalue weighted by Crippen LogP contribution is -2.43. The van der Waals surface area contributed by atoms with Gasteiger partial charge in [-0.1, -0.05) is 66.7 Å². The van der Waals surface area contributed by atoms with Crippen LogP contribution in [0.5, 0.6) is 5.75 Å². The molecule has 2 atom stereocenters. The average molecular weight is 374 g/mol. The van der Waals surface area contributed by atoms with E-state index >= 15 is 0 Å². The molecule has 0 heterocycles. The maximum Gasteiger partial charge on any atom is 0.261 e. The first-order chi connectivity index (χ1) is 13.6. The number of anilines is 1. The van der Waals surface area contributed by atoms with Crippen molar-refractivity contribution in [1.29, 1.82) is 0 Å². The van der Waals surface area contributed by atoms with Crippen LogP contribution in [-0.2, 0) is 9.59 Å². The average Bonchev–Trinajstić information content (AvgIpc) is 2.73. The Kier molecular flexibility index (Phi) is 6.41. The monoisotopic (exact) mass is 374 g/mol. The molecule has 0 spiro atoms. The van der Waals surface area contributed by atoms with Gasteiger partial charge in [-0.2, -0.15) is 0 Å². The molecule has 5 nitrogen and oxygen atoms in total. The third-order valence-electron chi connectivity index (χ3n) is 4.15. The second-order valence-electron chi connectivity index (χ2n) is 6.28. The van der Waals surface area contributed by atoms with E-state index in [9.17, 15) is 9.59 Å². The molecule has 0 aliphatic carbocycles. The molecule has 3 aromatic rings. The van der Waals surface area contributed by atoms with Crippen molar-refractivity contribution >= 4 is 17.5 Å². The summed E-state index contributed by atoms with van der Waals surface area (Å²) >= 11 is 0. The van der Waals surface area contributed by atoms with Gasteiger partial charge in [-0.25, -0.2) is 0 Å². The molecule has 0 aliphatic heterocycles. The summed E-state index contributed by atoms with van der Waals surface area (Å²) in [7, 11) is 0. The molecule has 3 rings (SSSR count). The Hall–Kier alpha value is -3.60. The highest BCUT2D eigenvalue weighted by molar-refractivity contribution is 5.98. The molecule has 3 aromatic carbocycles. The standard InChI is InChI=1S/C23H22N2O3/c1-17(28-20-15-9-4-10-16-20)22(26)25-21(18-11-5-2-6-12-18)23(27)24-19-13-7-3-8-14-19/h2-17,21H,1H3,(H,24,27)(H,25,26). The van der Waals surface area contributed by atoms with Crippen LogP contribution in [0.15, 0.2) is 91.0 Å². The number of rotatable bonds is 7. The van der Waals surface area contributed by atoms with Gasteiger partial charge >= 0.3 is 0 Å². The minimum absolute atomic E-state index is 0.322. The molecule has 142 valence electrons. The molecule has 0 saturated carbocycles. The van der Waals surface area contributed by atoms with Crippen LogP contribution in [0.2, 0.25) is 0 Å². The minimum atomic E-state index is -0.837. The number of benzene rings is 3. The highest BCUT2D eigenvalue weighted by atomic mass is 16.5. The van der Waals surface area contributed by atoms with Crippen LogP contribution < -0.4 is 15.4 Å². The number of ether oxygens (including phenoxy) is 1. The number of hydrogen-bond acceptors (Lipinski definition) is 3. The van der Waals surface area contributed by atoms with Gasteiger partial charge in [0.05, 0.1) is 0 Å². The molecule has 28 heavy (non-hydrogen) atoms. The van der Waals surface area contributed by atoms with Crippen LogP contribution in [-0.4, -0.2) is 17.9 Å². The normalized spacial score (nSPS) is 12.5. The summed E-state index contributed by atoms with van der Waals surface area (Å²) < 4.78 is 5.67. The third kappa shape index (κ3) is 5.20. The van der Waals surface area contributed by atoms with E-state index in [0.717, 1.165) is 0 Å². The molecule has 0 aromatic heterocycles. The van der Waals surface area contributed by atoms with E-state index in [1.165, 1.54) is 0 Å². The van der Waals surface area contributed by atoms with E-state index in [-0.39, 0.29) is 11.8 Å². The summed E-state index contributed by atoms with van der Waals surface area (Å²) in [5.74, 6) is -0.103. The fourth-order valence-electron chi connectivity index (χ4n) is 2.70. The smallest absolute Gasteiger partial charge is 0.261 e. The number of para-hydroxylation sites is 2. The Morgan fingerprint density at radius 1 is 0.750 bits per heavy atom. The molecule has 2 N–H and O–H groups in total. The van der Waals surface area contributed by atoms with Crippen molar-refractivity contribution in [1.82, 2.24) is 5.32 Å². The van der Waals surface area contributed by atoms with Gasteiger partial charge < -0.3 is 15.4 Å². The van der Waals surface area contributed by atoms with Crippen molar-refractivity contribution in [2.45, 2.75) is 19.1 Å². The van der Waals surface area contributed by atoms with E-state index in [4.69, 9.17) is 4.74 Å². The Morgan fingerprint density at radius 3 is 1.89 bits per heavy atom. The van der Waals surface area contributed by atoms with Crippen LogP contribution in [0.25, 0.3) is 0 Å². The predicted octanol–water partition coefficient (Wildman–Crippen LogP) is 3.95. The third-order valence-corrected chi connectivity index (χ3v) is 4.15. The molecule has 2 amide bonds. The molecular weight excluding hydrogens is 352 g/mol. The summed E-state index contributed by atoms with van der Waals surface area (Å²) in [5, 5.41) is 5.64. The number of carbonyl (C=O) groups is 2. The van der Waals surface area contributed by atoms with Crippen molar-refractivity contribution < 1.29 is 14.3 Å². The number of carbonyl (C=O) groups excluding carboxylic acids is 2. The van der Waals surface area contributed by atoms with E-state index < -0.39 is 12.1 Å². The Labute approximate surface area is 164 Å². The van der Waals surface area contributed by atoms with Gasteiger partial charge in [-0.3, -0.25) is 9.59 Å². The summed E-state index contributed by atoms with van der Waals surface area (Å²) in [6.07, 6.45) is -0.752. The lowest BCUT2D eigenvalue weighted by Gasteiger charge is -2.21. The van der Waals surface area contributed by atoms with E-state index in [0.29, 0.717) is 17.0 Å². The summed E-state index contributed by atoms with van der Waals surface area (Å²) in [6.45, 7) is 1.65. The Bertz CT molecular complexity index is 899. The van der Waals surface area contributed by atoms with Crippen molar-refractivity contribution in [3.8, 4) is 5.75 Å². The predicted molar refractivity (Wildman–Crippen MR) is 109 cm³/mol. The number of amides is 2. The van der Waals surface area contributed by atoms with Gasteiger partial charge in [0, 0.05) is 5.69 Å². The molecule has 0 radical (unpaired) electrons. The van der Waals surface area contributed by atoms with Crippen molar-refractivity contribution in [3.05, 3.63) is 96.6 Å². The van der Waals surface area contributed by atoms with Crippen molar-refractivity contribution in [3.63, 3.8) is 0 Å². The van der Waals surface area contributed by atoms with Gasteiger partial charge in [0.15, 0.2) is 6.10 Å². The molecule has 5 heteroatoms. The van der Waals surface area contributed by atoms with Gasteiger partial charge in [0.2, 0.25) is 0 Å². The van der Waals surface area contributed by atoms with Gasteiger partial charge in [-0.05, 0) is 36.8 Å². The molecule has 0 bridgehead atoms. The van der Waals surface area contributed by atoms with E-state index in [1.807, 2.05) is 54.6 Å². The largest absolute Gasteiger partial charge is 0.481 e. The summed E-state index contributed by atoms with van der Waals surface area (Å²) in [6, 6.07) is 26.5. The first kappa shape index (κ1) is 19.2. The fourth-order valence-corrected chi connectivity index (χ4v) is 2.70. The Balaban J connectivity index is 1.73. The number of hydrogen-bond donors (Lipinski definition) is 2. The van der Waals surface area contributed by atoms with Gasteiger partial charge in [0.1, 0.15) is 11.8 Å². The topological polar surface area (TPSA) is 67.4 Å². The molecular formula is C23H22N2O3. The first-order valence-corrected chi connectivity index (χ1v) is 9.06. The Morgan fingerprint density at radius 2 is 1.29 bits per heavy atom. The number of nitrogens with one attached hydrogen (secondary N) is 2. The van der Waals surface area contributed by atoms with Crippen LogP contribution in [0.3, 0.4) is 0 Å². The second-order valence-corrected chi connectivity index (χ2v) is 6.28. The SMILES string of the molecule is CC(Oc1ccccc1)C(=O)NC(C(=O)Nc1ccccc1)c1ccccc1. The van der Waals surface area contributed by atoms with Gasteiger partial charge in [0.25, 0.3) is 11.8 Å². The zero-order valence-corrected chi connectivity index (χ0v) is 15.5. The van der Waals surface area contributed by atoms with Crippen LogP contribution in [0.1, 0.15) is 18.5 Å². The zero-order chi connectivity index (χ0) is 19.8. The van der Waals surface area contributed by atoms with Gasteiger partial charge in [-0.15, -0.1) is 0 Å². The van der Waals surface area contributed by atoms with E-state index in [1.54, 1.807) is 43.3 Å². The minimum Gasteiger partial charge on any atom is -0.481 e. The maximum absolute atomic E-state index is 12.9. The second kappa shape index (κ2) is 9.37. The highest BCUT2D eigenvalue weighted by Gasteiger charge is 2.26. The first-order valence-electron chi connectivity index (χ1n) is 9.06. The fraction of sp³-hybridized carbons (Fsp3) is 0.130. The van der Waals surface area contributed by atoms with Crippen LogP contribution in [0.4, 0.5) is 5.69 Å². The van der Waals surface area contributed by atoms with Crippen LogP contribution >= 0.6 is 0 Å². The molecule has 0 aliphatic rings. The summed E-state index contributed by atoms with van der Waals surface area (Å²) in [5.41, 5.74) is 1.35. The van der Waals surface area contributed by atoms with Crippen molar-refractivity contribution in [2.24, 2.45) is 0 Å². The lowest BCUT2D eigenvalue weighted by atomic mass is 10.1. The van der Waals surface area contributed by atoms with E-state index in [2.05, 4.69) is 10.6 Å². The van der Waals surface area contributed by atoms with Crippen molar-refractivity contribution in [2.75, 3.05) is 5.32 Å². The maximum atomic E-state index is 12.9. The molecule has 0 fully saturated rings. The molecule has 0 saturated heterocycles. The molecule has 2 unspecified atom stereocenters. The lowest BCUT2D eigenvalue weighted by molar-refractivity contribution is -0.131. The quantitative estimate of drug-likeness (QED) is 0.658. The zero-order valence-electron chi connectivity index (χ0n) is 15.5. The van der Waals surface area contributed by atoms with Crippen LogP contribution in [0, 0.1) is 0 Å². The highest BCUT2D eigenvalue weighted by Crippen LogP contribution is 2.17.